The van der Waals surface area contributed by atoms with Crippen molar-refractivity contribution < 1.29 is 13.9 Å². The molecule has 0 saturated carbocycles. The summed E-state index contributed by atoms with van der Waals surface area (Å²) in [6, 6.07) is 25.3. The van der Waals surface area contributed by atoms with Gasteiger partial charge >= 0.3 is 0 Å². The lowest BCUT2D eigenvalue weighted by Crippen LogP contribution is -2.29. The van der Waals surface area contributed by atoms with Gasteiger partial charge in [-0.05, 0) is 79.8 Å². The zero-order chi connectivity index (χ0) is 25.8. The zero-order valence-corrected chi connectivity index (χ0v) is 22.0. The van der Waals surface area contributed by atoms with Gasteiger partial charge in [0.25, 0.3) is 0 Å². The maximum absolute atomic E-state index is 11.9. The lowest BCUT2D eigenvalue weighted by atomic mass is 10.0. The number of hydrogen-bond donors (Lipinski definition) is 2. The average molecular weight is 531 g/mol. The lowest BCUT2D eigenvalue weighted by molar-refractivity contribution is -0.119. The van der Waals surface area contributed by atoms with E-state index in [0.717, 1.165) is 27.1 Å². The molecule has 2 atom stereocenters. The molecule has 0 radical (unpaired) electrons. The molecule has 1 saturated heterocycles. The van der Waals surface area contributed by atoms with Gasteiger partial charge in [-0.25, -0.2) is 0 Å². The quantitative estimate of drug-likeness (QED) is 0.273. The Labute approximate surface area is 225 Å². The first-order valence-electron chi connectivity index (χ1n) is 11.8. The minimum absolute atomic E-state index is 0.00284. The van der Waals surface area contributed by atoms with E-state index in [1.807, 2.05) is 59.5 Å². The third-order valence-corrected chi connectivity index (χ3v) is 7.18. The van der Waals surface area contributed by atoms with Crippen LogP contribution in [0.25, 0.3) is 0 Å². The highest BCUT2D eigenvalue weighted by molar-refractivity contribution is 7.99. The first kappa shape index (κ1) is 25.0. The molecule has 1 amide bonds. The molecule has 0 bridgehead atoms. The number of aryl methyl sites for hydroxylation is 1. The number of furan rings is 1. The van der Waals surface area contributed by atoms with Crippen LogP contribution in [0.2, 0.25) is 0 Å². The second-order valence-electron chi connectivity index (χ2n) is 8.60. The third kappa shape index (κ3) is 5.69. The Bertz CT molecular complexity index is 1370. The number of ether oxygens (including phenoxy) is 1. The van der Waals surface area contributed by atoms with Crippen molar-refractivity contribution in [2.24, 2.45) is 0 Å². The molecule has 5 rings (SSSR count). The molecule has 3 heterocycles. The van der Waals surface area contributed by atoms with E-state index in [-0.39, 0.29) is 24.6 Å². The van der Waals surface area contributed by atoms with Crippen LogP contribution < -0.4 is 15.5 Å². The maximum Gasteiger partial charge on any atom is 0.250 e. The number of thiocarbonyl (C=S) groups is 1. The summed E-state index contributed by atoms with van der Waals surface area (Å²) < 4.78 is 11.3. The van der Waals surface area contributed by atoms with Crippen molar-refractivity contribution in [1.82, 2.24) is 10.3 Å². The molecule has 4 aromatic rings. The van der Waals surface area contributed by atoms with Crippen molar-refractivity contribution in [2.45, 2.75) is 29.0 Å². The van der Waals surface area contributed by atoms with Gasteiger partial charge in [-0.15, -0.1) is 0 Å². The van der Waals surface area contributed by atoms with Crippen molar-refractivity contribution in [2.75, 3.05) is 23.9 Å². The smallest absolute Gasteiger partial charge is 0.250 e. The van der Waals surface area contributed by atoms with E-state index in [4.69, 9.17) is 21.4 Å². The third-order valence-electron chi connectivity index (χ3n) is 5.94. The van der Waals surface area contributed by atoms with Crippen LogP contribution >= 0.6 is 24.0 Å². The SMILES string of the molecule is COCC(=O)Nc1ccc(N2C(=S)N[C@@H](c3ccccn3)[C@H]2c2ccc(Sc3ccc(C)cc3)o2)cc1. The summed E-state index contributed by atoms with van der Waals surface area (Å²) in [5.41, 5.74) is 3.63. The molecular formula is C28H26N4O3S2. The van der Waals surface area contributed by atoms with Crippen LogP contribution in [0, 0.1) is 6.92 Å². The van der Waals surface area contributed by atoms with Crippen LogP contribution in [-0.4, -0.2) is 29.7 Å². The van der Waals surface area contributed by atoms with Crippen LogP contribution in [0.15, 0.2) is 99.5 Å². The van der Waals surface area contributed by atoms with Gasteiger partial charge in [0.15, 0.2) is 10.2 Å². The molecule has 2 N–H and O–H groups in total. The maximum atomic E-state index is 11.9. The summed E-state index contributed by atoms with van der Waals surface area (Å²) in [7, 11) is 1.49. The van der Waals surface area contributed by atoms with Gasteiger partial charge in [-0.1, -0.05) is 35.5 Å². The predicted molar refractivity (Wildman–Crippen MR) is 149 cm³/mol. The van der Waals surface area contributed by atoms with Crippen molar-refractivity contribution in [3.8, 4) is 0 Å². The molecule has 1 fully saturated rings. The Hall–Kier alpha value is -3.66. The molecule has 1 aliphatic heterocycles. The fourth-order valence-electron chi connectivity index (χ4n) is 4.23. The summed E-state index contributed by atoms with van der Waals surface area (Å²) in [5, 5.41) is 7.62. The first-order valence-corrected chi connectivity index (χ1v) is 13.0. The molecule has 2 aromatic carbocycles. The standard InChI is InChI=1S/C28H26N4O3S2/c1-18-6-12-21(13-7-18)37-25-15-14-23(35-25)27-26(22-5-3-4-16-29-22)31-28(36)32(27)20-10-8-19(9-11-20)30-24(33)17-34-2/h3-16,26-27H,17H2,1-2H3,(H,30,33)(H,31,36)/t26-,27+/m0/s1. The first-order chi connectivity index (χ1) is 18.0. The van der Waals surface area contributed by atoms with Crippen LogP contribution in [0.5, 0.6) is 0 Å². The van der Waals surface area contributed by atoms with E-state index in [1.165, 1.54) is 12.7 Å². The Morgan fingerprint density at radius 1 is 1.11 bits per heavy atom. The van der Waals surface area contributed by atoms with Crippen LogP contribution in [0.4, 0.5) is 11.4 Å². The molecule has 0 spiro atoms. The Morgan fingerprint density at radius 3 is 2.59 bits per heavy atom. The second-order valence-corrected chi connectivity index (χ2v) is 10.1. The van der Waals surface area contributed by atoms with Gasteiger partial charge in [0.1, 0.15) is 18.4 Å². The number of anilines is 2. The van der Waals surface area contributed by atoms with E-state index >= 15 is 0 Å². The van der Waals surface area contributed by atoms with Crippen LogP contribution in [-0.2, 0) is 9.53 Å². The van der Waals surface area contributed by atoms with Crippen molar-refractivity contribution in [1.29, 1.82) is 0 Å². The summed E-state index contributed by atoms with van der Waals surface area (Å²) in [6.07, 6.45) is 1.78. The molecule has 2 aromatic heterocycles. The number of methoxy groups -OCH3 is 1. The normalized spacial score (nSPS) is 17.0. The number of pyridine rings is 1. The van der Waals surface area contributed by atoms with E-state index < -0.39 is 0 Å². The van der Waals surface area contributed by atoms with Gasteiger partial charge in [-0.3, -0.25) is 9.78 Å². The van der Waals surface area contributed by atoms with E-state index in [2.05, 4.69) is 46.8 Å². The highest BCUT2D eigenvalue weighted by atomic mass is 32.2. The monoisotopic (exact) mass is 530 g/mol. The molecular weight excluding hydrogens is 504 g/mol. The number of amides is 1. The molecule has 188 valence electrons. The summed E-state index contributed by atoms with van der Waals surface area (Å²) in [5.74, 6) is 0.561. The average Bonchev–Trinajstić information content (AvgIpc) is 3.50. The highest BCUT2D eigenvalue weighted by Gasteiger charge is 2.42. The minimum atomic E-state index is -0.260. The number of hydrogen-bond acceptors (Lipinski definition) is 6. The van der Waals surface area contributed by atoms with E-state index in [1.54, 1.807) is 18.0 Å². The summed E-state index contributed by atoms with van der Waals surface area (Å²) in [4.78, 5) is 19.6. The van der Waals surface area contributed by atoms with Crippen LogP contribution in [0.1, 0.15) is 29.1 Å². The number of carbonyl (C=O) groups excluding carboxylic acids is 1. The Morgan fingerprint density at radius 2 is 1.89 bits per heavy atom. The largest absolute Gasteiger partial charge is 0.452 e. The molecule has 9 heteroatoms. The molecule has 37 heavy (non-hydrogen) atoms. The molecule has 0 aliphatic carbocycles. The highest BCUT2D eigenvalue weighted by Crippen LogP contribution is 2.43. The number of rotatable bonds is 8. The number of nitrogens with zero attached hydrogens (tertiary/aromatic N) is 2. The number of aromatic nitrogens is 1. The number of nitrogens with one attached hydrogen (secondary N) is 2. The second kappa shape index (κ2) is 11.2. The minimum Gasteiger partial charge on any atom is -0.452 e. The molecule has 1 aliphatic rings. The number of benzene rings is 2. The Kier molecular flexibility index (Phi) is 7.55. The summed E-state index contributed by atoms with van der Waals surface area (Å²) >= 11 is 7.37. The summed E-state index contributed by atoms with van der Waals surface area (Å²) in [6.45, 7) is 2.07. The molecule has 0 unspecified atom stereocenters. The number of carbonyl (C=O) groups is 1. The van der Waals surface area contributed by atoms with Gasteiger partial charge in [0.05, 0.1) is 11.7 Å². The lowest BCUT2D eigenvalue weighted by Gasteiger charge is -2.26. The molecule has 7 nitrogen and oxygen atoms in total. The van der Waals surface area contributed by atoms with Gasteiger partial charge in [-0.2, -0.15) is 0 Å². The van der Waals surface area contributed by atoms with Gasteiger partial charge < -0.3 is 24.7 Å². The fourth-order valence-corrected chi connectivity index (χ4v) is 5.35. The zero-order valence-electron chi connectivity index (χ0n) is 20.4. The van der Waals surface area contributed by atoms with E-state index in [9.17, 15) is 4.79 Å². The topological polar surface area (TPSA) is 79.6 Å². The van der Waals surface area contributed by atoms with Crippen molar-refractivity contribution in [3.63, 3.8) is 0 Å². The van der Waals surface area contributed by atoms with Gasteiger partial charge in [0.2, 0.25) is 5.91 Å². The van der Waals surface area contributed by atoms with Crippen molar-refractivity contribution in [3.05, 3.63) is 102 Å². The van der Waals surface area contributed by atoms with Crippen LogP contribution in [0.3, 0.4) is 0 Å². The van der Waals surface area contributed by atoms with E-state index in [0.29, 0.717) is 10.8 Å². The van der Waals surface area contributed by atoms with Gasteiger partial charge in [0, 0.05) is 29.6 Å². The Balaban J connectivity index is 1.46. The van der Waals surface area contributed by atoms with Crippen molar-refractivity contribution >= 4 is 46.4 Å². The fraction of sp³-hybridized carbons (Fsp3) is 0.179. The predicted octanol–water partition coefficient (Wildman–Crippen LogP) is 5.90.